The van der Waals surface area contributed by atoms with E-state index in [-0.39, 0.29) is 0 Å². The van der Waals surface area contributed by atoms with E-state index in [1.165, 1.54) is 6.08 Å². The Kier molecular flexibility index (Phi) is 6.92. The number of aryl methyl sites for hydroxylation is 1. The summed E-state index contributed by atoms with van der Waals surface area (Å²) in [5, 5.41) is 0.922. The third kappa shape index (κ3) is 6.62. The molecule has 0 saturated carbocycles. The molecule has 23 heavy (non-hydrogen) atoms. The first-order valence-electron chi connectivity index (χ1n) is 6.69. The third-order valence-corrected chi connectivity index (χ3v) is 4.02. The molecule has 0 aliphatic heterocycles. The minimum Gasteiger partial charge on any atom is -0.469 e. The van der Waals surface area contributed by atoms with Crippen molar-refractivity contribution in [3.63, 3.8) is 0 Å². The molecule has 0 bridgehead atoms. The van der Waals surface area contributed by atoms with Gasteiger partial charge in [0.15, 0.2) is 0 Å². The second-order valence-electron chi connectivity index (χ2n) is 4.73. The molecule has 1 aromatic carbocycles. The van der Waals surface area contributed by atoms with Crippen LogP contribution in [0.25, 0.3) is 6.08 Å². The van der Waals surface area contributed by atoms with E-state index < -0.39 is 34.4 Å². The molecule has 126 valence electrons. The van der Waals surface area contributed by atoms with Crippen molar-refractivity contribution in [2.75, 3.05) is 14.2 Å². The lowest BCUT2D eigenvalue weighted by molar-refractivity contribution is -0.149. The molecule has 1 atom stereocenters. The zero-order valence-corrected chi connectivity index (χ0v) is 13.9. The van der Waals surface area contributed by atoms with E-state index >= 15 is 0 Å². The van der Waals surface area contributed by atoms with E-state index in [0.717, 1.165) is 25.2 Å². The first kappa shape index (κ1) is 18.9. The summed E-state index contributed by atoms with van der Waals surface area (Å²) >= 11 is 0. The number of carbonyl (C=O) groups excluding carboxylic acids is 2. The Balaban J connectivity index is 2.85. The number of ether oxygens (including phenoxy) is 2. The van der Waals surface area contributed by atoms with Gasteiger partial charge in [-0.05, 0) is 18.6 Å². The minimum absolute atomic E-state index is 0.458. The SMILES string of the molecule is COC(=O)C[C@H](NS(=O)(=O)/C=C/c1ccc(C)cc1)C(=O)OC. The summed E-state index contributed by atoms with van der Waals surface area (Å²) in [5.74, 6) is -1.60. The molecule has 0 spiro atoms. The Bertz CT molecular complexity index is 678. The van der Waals surface area contributed by atoms with E-state index in [1.54, 1.807) is 12.1 Å². The maximum absolute atomic E-state index is 12.0. The van der Waals surface area contributed by atoms with Crippen LogP contribution in [0, 0.1) is 6.92 Å². The van der Waals surface area contributed by atoms with Gasteiger partial charge in [0.1, 0.15) is 6.04 Å². The summed E-state index contributed by atoms with van der Waals surface area (Å²) in [5.41, 5.74) is 1.73. The van der Waals surface area contributed by atoms with Crippen molar-refractivity contribution in [1.82, 2.24) is 4.72 Å². The Morgan fingerprint density at radius 2 is 1.78 bits per heavy atom. The van der Waals surface area contributed by atoms with Crippen molar-refractivity contribution in [3.8, 4) is 0 Å². The van der Waals surface area contributed by atoms with Crippen LogP contribution in [0.3, 0.4) is 0 Å². The van der Waals surface area contributed by atoms with E-state index in [4.69, 9.17) is 0 Å². The predicted octanol–water partition coefficient (Wildman–Crippen LogP) is 0.990. The Hall–Kier alpha value is -2.19. The third-order valence-electron chi connectivity index (χ3n) is 2.91. The Labute approximate surface area is 135 Å². The van der Waals surface area contributed by atoms with Crippen LogP contribution < -0.4 is 4.72 Å². The number of hydrogen-bond donors (Lipinski definition) is 1. The molecular formula is C15H19NO6S. The van der Waals surface area contributed by atoms with Gasteiger partial charge in [-0.15, -0.1) is 0 Å². The fourth-order valence-corrected chi connectivity index (χ4v) is 2.64. The Morgan fingerprint density at radius 1 is 1.17 bits per heavy atom. The summed E-state index contributed by atoms with van der Waals surface area (Å²) in [6.45, 7) is 1.92. The van der Waals surface area contributed by atoms with Gasteiger partial charge in [0, 0.05) is 5.41 Å². The lowest BCUT2D eigenvalue weighted by atomic mass is 10.2. The topological polar surface area (TPSA) is 98.8 Å². The molecule has 0 fully saturated rings. The van der Waals surface area contributed by atoms with Gasteiger partial charge in [-0.25, -0.2) is 8.42 Å². The highest BCUT2D eigenvalue weighted by molar-refractivity contribution is 7.92. The molecule has 0 unspecified atom stereocenters. The molecule has 8 heteroatoms. The van der Waals surface area contributed by atoms with Crippen molar-refractivity contribution < 1.29 is 27.5 Å². The van der Waals surface area contributed by atoms with E-state index in [1.807, 2.05) is 19.1 Å². The number of sulfonamides is 1. The van der Waals surface area contributed by atoms with Crippen LogP contribution in [0.15, 0.2) is 29.7 Å². The quantitative estimate of drug-likeness (QED) is 0.743. The molecule has 0 amide bonds. The van der Waals surface area contributed by atoms with Crippen LogP contribution >= 0.6 is 0 Å². The first-order chi connectivity index (χ1) is 10.8. The highest BCUT2D eigenvalue weighted by Gasteiger charge is 2.27. The zero-order valence-electron chi connectivity index (χ0n) is 13.1. The fraction of sp³-hybridized carbons (Fsp3) is 0.333. The van der Waals surface area contributed by atoms with Crippen LogP contribution in [-0.4, -0.2) is 40.6 Å². The summed E-state index contributed by atoms with van der Waals surface area (Å²) in [6.07, 6.45) is 0.926. The van der Waals surface area contributed by atoms with Gasteiger partial charge in [0.2, 0.25) is 10.0 Å². The molecule has 0 radical (unpaired) electrons. The van der Waals surface area contributed by atoms with Gasteiger partial charge in [-0.1, -0.05) is 29.8 Å². The second-order valence-corrected chi connectivity index (χ2v) is 6.33. The van der Waals surface area contributed by atoms with Gasteiger partial charge in [0.25, 0.3) is 0 Å². The van der Waals surface area contributed by atoms with Crippen molar-refractivity contribution in [2.24, 2.45) is 0 Å². The Morgan fingerprint density at radius 3 is 2.30 bits per heavy atom. The highest BCUT2D eigenvalue weighted by atomic mass is 32.2. The van der Waals surface area contributed by atoms with Gasteiger partial charge >= 0.3 is 11.9 Å². The molecular weight excluding hydrogens is 322 g/mol. The normalized spacial score (nSPS) is 12.8. The molecule has 7 nitrogen and oxygen atoms in total. The number of hydrogen-bond acceptors (Lipinski definition) is 6. The van der Waals surface area contributed by atoms with Crippen molar-refractivity contribution in [1.29, 1.82) is 0 Å². The average Bonchev–Trinajstić information content (AvgIpc) is 2.52. The van der Waals surface area contributed by atoms with Crippen molar-refractivity contribution >= 4 is 28.0 Å². The van der Waals surface area contributed by atoms with Crippen LogP contribution in [0.4, 0.5) is 0 Å². The molecule has 0 aliphatic carbocycles. The number of rotatable bonds is 7. The molecule has 1 rings (SSSR count). The monoisotopic (exact) mass is 341 g/mol. The van der Waals surface area contributed by atoms with Gasteiger partial charge in [-0.2, -0.15) is 4.72 Å². The zero-order chi connectivity index (χ0) is 17.5. The largest absolute Gasteiger partial charge is 0.469 e. The standard InChI is InChI=1S/C15H19NO6S/c1-11-4-6-12(7-5-11)8-9-23(19,20)16-13(15(18)22-3)10-14(17)21-2/h4-9,13,16H,10H2,1-3H3/b9-8+/t13-/m0/s1. The highest BCUT2D eigenvalue weighted by Crippen LogP contribution is 2.07. The lowest BCUT2D eigenvalue weighted by Gasteiger charge is -2.13. The fourth-order valence-electron chi connectivity index (χ4n) is 1.65. The number of esters is 2. The minimum atomic E-state index is -3.94. The maximum atomic E-state index is 12.0. The summed E-state index contributed by atoms with van der Waals surface area (Å²) in [4.78, 5) is 22.8. The van der Waals surface area contributed by atoms with Gasteiger partial charge in [-0.3, -0.25) is 9.59 Å². The number of carbonyl (C=O) groups is 2. The van der Waals surface area contributed by atoms with E-state index in [9.17, 15) is 18.0 Å². The molecule has 0 heterocycles. The molecule has 0 aliphatic rings. The number of methoxy groups -OCH3 is 2. The lowest BCUT2D eigenvalue weighted by Crippen LogP contribution is -2.42. The summed E-state index contributed by atoms with van der Waals surface area (Å²) in [6, 6.07) is 5.85. The number of benzene rings is 1. The van der Waals surface area contributed by atoms with Crippen molar-refractivity contribution in [2.45, 2.75) is 19.4 Å². The molecule has 1 aromatic rings. The molecule has 0 saturated heterocycles. The first-order valence-corrected chi connectivity index (χ1v) is 8.24. The predicted molar refractivity (Wildman–Crippen MR) is 84.7 cm³/mol. The van der Waals surface area contributed by atoms with Crippen LogP contribution in [0.2, 0.25) is 0 Å². The van der Waals surface area contributed by atoms with E-state index in [0.29, 0.717) is 5.56 Å². The van der Waals surface area contributed by atoms with E-state index in [2.05, 4.69) is 14.2 Å². The summed E-state index contributed by atoms with van der Waals surface area (Å²) < 4.78 is 35.0. The number of nitrogens with one attached hydrogen (secondary N) is 1. The summed E-state index contributed by atoms with van der Waals surface area (Å²) in [7, 11) is -1.70. The van der Waals surface area contributed by atoms with Crippen LogP contribution in [0.1, 0.15) is 17.5 Å². The van der Waals surface area contributed by atoms with Gasteiger partial charge in [0.05, 0.1) is 20.6 Å². The van der Waals surface area contributed by atoms with Crippen LogP contribution in [0.5, 0.6) is 0 Å². The second kappa shape index (κ2) is 8.44. The molecule has 1 N–H and O–H groups in total. The van der Waals surface area contributed by atoms with Crippen LogP contribution in [-0.2, 0) is 29.1 Å². The average molecular weight is 341 g/mol. The molecule has 0 aromatic heterocycles. The van der Waals surface area contributed by atoms with Crippen molar-refractivity contribution in [3.05, 3.63) is 40.8 Å². The maximum Gasteiger partial charge on any atom is 0.324 e. The van der Waals surface area contributed by atoms with Gasteiger partial charge < -0.3 is 9.47 Å². The smallest absolute Gasteiger partial charge is 0.324 e.